The first-order valence-electron chi connectivity index (χ1n) is 6.61. The van der Waals surface area contributed by atoms with Crippen LogP contribution in [0, 0.1) is 0 Å². The van der Waals surface area contributed by atoms with Crippen LogP contribution in [0.5, 0.6) is 0 Å². The molecule has 0 radical (unpaired) electrons. The second-order valence-electron chi connectivity index (χ2n) is 4.76. The Kier molecular flexibility index (Phi) is 2.71. The van der Waals surface area contributed by atoms with E-state index in [4.69, 9.17) is 0 Å². The zero-order valence-corrected chi connectivity index (χ0v) is 11.1. The molecule has 2 aromatic heterocycles. The normalized spacial score (nSPS) is 12.6. The molecule has 21 heavy (non-hydrogen) atoms. The van der Waals surface area contributed by atoms with Gasteiger partial charge in [-0.3, -0.25) is 0 Å². The number of fused-ring (bicyclic) bond motifs is 1. The molecule has 0 aliphatic heterocycles. The first-order valence-corrected chi connectivity index (χ1v) is 6.61. The van der Waals surface area contributed by atoms with Gasteiger partial charge in [0.25, 0.3) is 0 Å². The zero-order chi connectivity index (χ0) is 14.1. The van der Waals surface area contributed by atoms with Gasteiger partial charge < -0.3 is 0 Å². The van der Waals surface area contributed by atoms with Crippen LogP contribution >= 0.6 is 0 Å². The van der Waals surface area contributed by atoms with E-state index in [-0.39, 0.29) is 6.04 Å². The van der Waals surface area contributed by atoms with Crippen molar-refractivity contribution in [3.63, 3.8) is 0 Å². The summed E-state index contributed by atoms with van der Waals surface area (Å²) in [6.45, 7) is 0. The third-order valence-electron chi connectivity index (χ3n) is 3.47. The van der Waals surface area contributed by atoms with Gasteiger partial charge in [0.2, 0.25) is 0 Å². The van der Waals surface area contributed by atoms with E-state index in [2.05, 4.69) is 37.6 Å². The maximum absolute atomic E-state index is 4.30. The summed E-state index contributed by atoms with van der Waals surface area (Å²) >= 11 is 0. The molecule has 4 rings (SSSR count). The number of hydrogen-bond donors (Lipinski definition) is 1. The molecular weight excluding hydrogens is 264 g/mol. The van der Waals surface area contributed by atoms with E-state index in [1.54, 1.807) is 12.7 Å². The van der Waals surface area contributed by atoms with Crippen LogP contribution in [0.2, 0.25) is 0 Å². The molecule has 1 N–H and O–H groups in total. The van der Waals surface area contributed by atoms with Gasteiger partial charge in [0.05, 0.1) is 0 Å². The van der Waals surface area contributed by atoms with Crippen molar-refractivity contribution in [2.24, 2.45) is 0 Å². The Morgan fingerprint density at radius 2 is 1.76 bits per heavy atom. The highest BCUT2D eigenvalue weighted by atomic mass is 15.3. The lowest BCUT2D eigenvalue weighted by molar-refractivity contribution is 0.594. The highest BCUT2D eigenvalue weighted by molar-refractivity contribution is 5.74. The van der Waals surface area contributed by atoms with Crippen LogP contribution in [0.1, 0.15) is 17.2 Å². The summed E-state index contributed by atoms with van der Waals surface area (Å²) in [5.41, 5.74) is 3.93. The first-order chi connectivity index (χ1) is 10.4. The summed E-state index contributed by atoms with van der Waals surface area (Å²) in [5.74, 6) is 0. The maximum atomic E-state index is 4.30. The average molecular weight is 276 g/mol. The fourth-order valence-electron chi connectivity index (χ4n) is 2.51. The number of H-pyrrole nitrogens is 1. The van der Waals surface area contributed by atoms with Gasteiger partial charge in [-0.2, -0.15) is 20.5 Å². The van der Waals surface area contributed by atoms with Crippen LogP contribution < -0.4 is 0 Å². The van der Waals surface area contributed by atoms with E-state index in [1.165, 1.54) is 0 Å². The van der Waals surface area contributed by atoms with Crippen LogP contribution in [0.15, 0.2) is 61.2 Å². The van der Waals surface area contributed by atoms with Crippen LogP contribution in [0.25, 0.3) is 11.0 Å². The SMILES string of the molecule is c1ccc(C(c2ccc3n[nH]nc3c2)n2cncn2)cc1. The fraction of sp³-hybridized carbons (Fsp3) is 0.0667. The number of aromatic nitrogens is 6. The van der Waals surface area contributed by atoms with Crippen LogP contribution in [0.3, 0.4) is 0 Å². The van der Waals surface area contributed by atoms with Gasteiger partial charge in [-0.05, 0) is 23.3 Å². The van der Waals surface area contributed by atoms with E-state index >= 15 is 0 Å². The van der Waals surface area contributed by atoms with Crippen LogP contribution in [-0.2, 0) is 0 Å². The largest absolute Gasteiger partial charge is 0.241 e. The maximum Gasteiger partial charge on any atom is 0.137 e. The summed E-state index contributed by atoms with van der Waals surface area (Å²) in [7, 11) is 0. The second kappa shape index (κ2) is 4.82. The molecule has 0 aliphatic rings. The predicted molar refractivity (Wildman–Crippen MR) is 77.6 cm³/mol. The number of nitrogens with one attached hydrogen (secondary N) is 1. The Labute approximate surface area is 120 Å². The predicted octanol–water partition coefficient (Wildman–Crippen LogP) is 2.19. The van der Waals surface area contributed by atoms with Gasteiger partial charge in [0, 0.05) is 0 Å². The third-order valence-corrected chi connectivity index (χ3v) is 3.47. The molecule has 2 aromatic carbocycles. The quantitative estimate of drug-likeness (QED) is 0.622. The molecule has 2 heterocycles. The van der Waals surface area contributed by atoms with E-state index in [0.717, 1.165) is 22.2 Å². The Morgan fingerprint density at radius 1 is 0.905 bits per heavy atom. The Hall–Kier alpha value is -3.02. The Balaban J connectivity index is 1.89. The molecule has 1 unspecified atom stereocenters. The topological polar surface area (TPSA) is 72.3 Å². The van der Waals surface area contributed by atoms with E-state index in [1.807, 2.05) is 41.1 Å². The summed E-state index contributed by atoms with van der Waals surface area (Å²) in [6.07, 6.45) is 3.27. The molecule has 0 spiro atoms. The standard InChI is InChI=1S/C15H12N6/c1-2-4-11(5-3-1)15(21-10-16-9-17-21)12-6-7-13-14(8-12)19-20-18-13/h1-10,15H,(H,18,19,20). The minimum absolute atomic E-state index is 0.0326. The van der Waals surface area contributed by atoms with Crippen molar-refractivity contribution in [3.8, 4) is 0 Å². The van der Waals surface area contributed by atoms with Crippen molar-refractivity contribution in [2.45, 2.75) is 6.04 Å². The molecular formula is C15H12N6. The fourth-order valence-corrected chi connectivity index (χ4v) is 2.51. The summed E-state index contributed by atoms with van der Waals surface area (Å²) in [5, 5.41) is 15.2. The smallest absolute Gasteiger partial charge is 0.137 e. The molecule has 0 amide bonds. The van der Waals surface area contributed by atoms with Gasteiger partial charge in [-0.1, -0.05) is 36.4 Å². The van der Waals surface area contributed by atoms with Crippen LogP contribution in [0.4, 0.5) is 0 Å². The van der Waals surface area contributed by atoms with Crippen molar-refractivity contribution in [1.82, 2.24) is 30.2 Å². The molecule has 0 bridgehead atoms. The van der Waals surface area contributed by atoms with E-state index in [0.29, 0.717) is 0 Å². The Bertz CT molecular complexity index is 850. The van der Waals surface area contributed by atoms with E-state index in [9.17, 15) is 0 Å². The van der Waals surface area contributed by atoms with E-state index < -0.39 is 0 Å². The first kappa shape index (κ1) is 11.8. The molecule has 0 aliphatic carbocycles. The molecule has 4 aromatic rings. The summed E-state index contributed by atoms with van der Waals surface area (Å²) in [4.78, 5) is 4.06. The number of hydrogen-bond acceptors (Lipinski definition) is 4. The van der Waals surface area contributed by atoms with Gasteiger partial charge in [0.1, 0.15) is 29.7 Å². The summed E-state index contributed by atoms with van der Waals surface area (Å²) in [6, 6.07) is 16.2. The lowest BCUT2D eigenvalue weighted by Gasteiger charge is -2.18. The molecule has 0 saturated carbocycles. The van der Waals surface area contributed by atoms with Gasteiger partial charge in [0.15, 0.2) is 0 Å². The number of aromatic amines is 1. The minimum Gasteiger partial charge on any atom is -0.241 e. The highest BCUT2D eigenvalue weighted by Gasteiger charge is 2.17. The van der Waals surface area contributed by atoms with Gasteiger partial charge in [-0.25, -0.2) is 9.67 Å². The van der Waals surface area contributed by atoms with Crippen molar-refractivity contribution < 1.29 is 0 Å². The average Bonchev–Trinajstić information content (AvgIpc) is 3.19. The molecule has 6 nitrogen and oxygen atoms in total. The minimum atomic E-state index is -0.0326. The lowest BCUT2D eigenvalue weighted by atomic mass is 9.98. The highest BCUT2D eigenvalue weighted by Crippen LogP contribution is 2.27. The van der Waals surface area contributed by atoms with Gasteiger partial charge >= 0.3 is 0 Å². The van der Waals surface area contributed by atoms with Crippen molar-refractivity contribution in [2.75, 3.05) is 0 Å². The lowest BCUT2D eigenvalue weighted by Crippen LogP contribution is -2.12. The monoisotopic (exact) mass is 276 g/mol. The number of nitrogens with zero attached hydrogens (tertiary/aromatic N) is 5. The molecule has 6 heteroatoms. The third kappa shape index (κ3) is 2.06. The number of benzene rings is 2. The van der Waals surface area contributed by atoms with Crippen molar-refractivity contribution in [3.05, 3.63) is 72.3 Å². The molecule has 0 saturated heterocycles. The van der Waals surface area contributed by atoms with Crippen LogP contribution in [-0.4, -0.2) is 30.2 Å². The molecule has 0 fully saturated rings. The Morgan fingerprint density at radius 3 is 2.57 bits per heavy atom. The van der Waals surface area contributed by atoms with Gasteiger partial charge in [-0.15, -0.1) is 0 Å². The molecule has 102 valence electrons. The number of rotatable bonds is 3. The second-order valence-corrected chi connectivity index (χ2v) is 4.76. The van der Waals surface area contributed by atoms with Crippen molar-refractivity contribution in [1.29, 1.82) is 0 Å². The zero-order valence-electron chi connectivity index (χ0n) is 11.1. The van der Waals surface area contributed by atoms with Crippen molar-refractivity contribution >= 4 is 11.0 Å². The molecule has 1 atom stereocenters. The summed E-state index contributed by atoms with van der Waals surface area (Å²) < 4.78 is 1.84.